The van der Waals surface area contributed by atoms with Crippen molar-refractivity contribution in [2.75, 3.05) is 13.1 Å². The van der Waals surface area contributed by atoms with Crippen molar-refractivity contribution in [2.24, 2.45) is 10.7 Å². The van der Waals surface area contributed by atoms with Crippen LogP contribution in [0.4, 0.5) is 0 Å². The Morgan fingerprint density at radius 2 is 1.15 bits per heavy atom. The Hall–Kier alpha value is -5.88. The molecule has 12 bridgehead atoms. The molecule has 4 aliphatic rings. The fourth-order valence-electron chi connectivity index (χ4n) is 6.98. The number of nitrogens with two attached hydrogens (primary N) is 1. The molecule has 11 nitrogen and oxygen atoms in total. The van der Waals surface area contributed by atoms with Gasteiger partial charge in [-0.1, -0.05) is 72.8 Å². The second-order valence-electron chi connectivity index (χ2n) is 13.7. The van der Waals surface area contributed by atoms with Gasteiger partial charge in [0.15, 0.2) is 16.6 Å². The molecular weight excluding hydrogens is 675 g/mol. The van der Waals surface area contributed by atoms with Crippen LogP contribution in [0.15, 0.2) is 102 Å². The standard InChI is InChI=1S/C20H20N4O2.C20H19N3O2S/c1-20-16-7-3-4-13(11-16)8-9-22-17(25)15-6-2-5-14(10-15)12-24(18(20)26)19(21)23-20;1-20-16-7-3-4-13(11-16)8-9-21-17(24)15-6-2-5-14(10-15)12-23(18(20)25)19(26)22-20/h2-7,10-11H,8-9,12H2,1H3,(H2,21,23)(H,22,25);2-7,10-11H,8-9,12H2,1H3,(H,21,24)(H,22,26). The van der Waals surface area contributed by atoms with Gasteiger partial charge in [-0.15, -0.1) is 0 Å². The lowest BCUT2D eigenvalue weighted by molar-refractivity contribution is -0.132. The molecule has 4 aromatic rings. The van der Waals surface area contributed by atoms with Crippen LogP contribution in [0.5, 0.6) is 0 Å². The van der Waals surface area contributed by atoms with Crippen LogP contribution in [-0.4, -0.2) is 57.6 Å². The molecule has 5 N–H and O–H groups in total. The minimum atomic E-state index is -1.02. The topological polar surface area (TPSA) is 149 Å². The Bertz CT molecular complexity index is 2120. The summed E-state index contributed by atoms with van der Waals surface area (Å²) in [5.41, 5.74) is 10.8. The molecule has 0 aliphatic carbocycles. The second-order valence-corrected chi connectivity index (χ2v) is 14.1. The van der Waals surface area contributed by atoms with Gasteiger partial charge >= 0.3 is 0 Å². The molecule has 4 heterocycles. The molecule has 8 rings (SSSR count). The van der Waals surface area contributed by atoms with Gasteiger partial charge in [-0.2, -0.15) is 0 Å². The minimum absolute atomic E-state index is 0.0773. The monoisotopic (exact) mass is 713 g/mol. The average Bonchev–Trinajstić information content (AvgIpc) is 3.50. The van der Waals surface area contributed by atoms with Crippen molar-refractivity contribution in [3.8, 4) is 0 Å². The first kappa shape index (κ1) is 34.6. The lowest BCUT2D eigenvalue weighted by Gasteiger charge is -2.24. The Labute approximate surface area is 307 Å². The Balaban J connectivity index is 0.000000162. The molecule has 0 aromatic heterocycles. The summed E-state index contributed by atoms with van der Waals surface area (Å²) in [6.45, 7) is 5.34. The number of nitrogens with zero attached hydrogens (tertiary/aromatic N) is 3. The van der Waals surface area contributed by atoms with E-state index < -0.39 is 11.1 Å². The molecule has 264 valence electrons. The first-order valence-electron chi connectivity index (χ1n) is 17.2. The molecule has 0 radical (unpaired) electrons. The van der Waals surface area contributed by atoms with Crippen molar-refractivity contribution < 1.29 is 19.2 Å². The number of benzene rings is 4. The molecule has 2 unspecified atom stereocenters. The third-order valence-electron chi connectivity index (χ3n) is 10.0. The number of aliphatic imine (C=N–C) groups is 1. The zero-order chi connectivity index (χ0) is 36.6. The summed E-state index contributed by atoms with van der Waals surface area (Å²) in [4.78, 5) is 58.6. The van der Waals surface area contributed by atoms with Crippen molar-refractivity contribution in [2.45, 2.75) is 50.9 Å². The molecule has 0 spiro atoms. The maximum Gasteiger partial charge on any atom is 0.261 e. The van der Waals surface area contributed by atoms with Crippen LogP contribution in [0.1, 0.15) is 67.9 Å². The summed E-state index contributed by atoms with van der Waals surface area (Å²) >= 11 is 5.44. The number of fused-ring (bicyclic) bond motifs is 14. The van der Waals surface area contributed by atoms with Crippen LogP contribution in [0.25, 0.3) is 0 Å². The zero-order valence-corrected chi connectivity index (χ0v) is 29.8. The van der Waals surface area contributed by atoms with Crippen LogP contribution >= 0.6 is 12.2 Å². The third-order valence-corrected chi connectivity index (χ3v) is 10.3. The van der Waals surface area contributed by atoms with E-state index in [-0.39, 0.29) is 36.1 Å². The molecule has 4 amide bonds. The number of hydrogen-bond donors (Lipinski definition) is 4. The van der Waals surface area contributed by atoms with Gasteiger partial charge in [0.1, 0.15) is 5.54 Å². The zero-order valence-electron chi connectivity index (χ0n) is 28.9. The van der Waals surface area contributed by atoms with Crippen LogP contribution in [0, 0.1) is 0 Å². The van der Waals surface area contributed by atoms with Crippen molar-refractivity contribution in [3.05, 3.63) is 142 Å². The number of guanidine groups is 1. The summed E-state index contributed by atoms with van der Waals surface area (Å²) in [6.07, 6.45) is 1.37. The predicted octanol–water partition coefficient (Wildman–Crippen LogP) is 3.65. The smallest absolute Gasteiger partial charge is 0.261 e. The summed E-state index contributed by atoms with van der Waals surface area (Å²) in [5, 5.41) is 9.52. The van der Waals surface area contributed by atoms with E-state index in [0.717, 1.165) is 33.4 Å². The predicted molar refractivity (Wildman–Crippen MR) is 201 cm³/mol. The first-order valence-corrected chi connectivity index (χ1v) is 17.6. The number of rotatable bonds is 0. The van der Waals surface area contributed by atoms with Crippen molar-refractivity contribution in [1.29, 1.82) is 0 Å². The SMILES string of the molecule is CC12N=C(N)N(Cc3cccc(c3)C(=O)NCCc3cccc1c3)C2=O.CC12NC(=S)N(Cc3cccc(c3)C(=O)NCCc3cccc1c3)C2=O. The van der Waals surface area contributed by atoms with E-state index in [1.165, 1.54) is 4.90 Å². The lowest BCUT2D eigenvalue weighted by Crippen LogP contribution is -2.41. The Morgan fingerprint density at radius 1 is 0.654 bits per heavy atom. The number of carbonyl (C=O) groups is 4. The lowest BCUT2D eigenvalue weighted by atomic mass is 9.90. The van der Waals surface area contributed by atoms with E-state index in [9.17, 15) is 19.2 Å². The maximum absolute atomic E-state index is 13.2. The van der Waals surface area contributed by atoms with Crippen LogP contribution in [-0.2, 0) is 46.6 Å². The highest BCUT2D eigenvalue weighted by Gasteiger charge is 2.47. The Morgan fingerprint density at radius 3 is 1.75 bits per heavy atom. The molecule has 2 atom stereocenters. The highest BCUT2D eigenvalue weighted by atomic mass is 32.1. The molecule has 12 heteroatoms. The molecule has 52 heavy (non-hydrogen) atoms. The number of hydrogen-bond acceptors (Lipinski definition) is 7. The number of nitrogens with one attached hydrogen (secondary N) is 3. The molecule has 4 aromatic carbocycles. The van der Waals surface area contributed by atoms with Crippen molar-refractivity contribution in [3.63, 3.8) is 0 Å². The summed E-state index contributed by atoms with van der Waals surface area (Å²) < 4.78 is 0. The quantitative estimate of drug-likeness (QED) is 0.204. The summed E-state index contributed by atoms with van der Waals surface area (Å²) in [7, 11) is 0. The molecule has 0 saturated carbocycles. The van der Waals surface area contributed by atoms with E-state index in [1.807, 2.05) is 85.8 Å². The van der Waals surface area contributed by atoms with Gasteiger partial charge in [-0.3, -0.25) is 29.0 Å². The Kier molecular flexibility index (Phi) is 9.09. The van der Waals surface area contributed by atoms with Gasteiger partial charge in [0.05, 0.1) is 13.1 Å². The average molecular weight is 714 g/mol. The van der Waals surface area contributed by atoms with E-state index in [2.05, 4.69) is 20.9 Å². The number of amides is 4. The van der Waals surface area contributed by atoms with Gasteiger partial charge in [0, 0.05) is 24.2 Å². The largest absolute Gasteiger partial charge is 0.369 e. The van der Waals surface area contributed by atoms with Crippen LogP contribution < -0.4 is 21.7 Å². The van der Waals surface area contributed by atoms with Gasteiger partial charge in [-0.25, -0.2) is 4.99 Å². The third kappa shape index (κ3) is 6.53. The van der Waals surface area contributed by atoms with Gasteiger partial charge in [0.2, 0.25) is 0 Å². The molecule has 1 saturated heterocycles. The second kappa shape index (κ2) is 13.7. The van der Waals surface area contributed by atoms with Crippen molar-refractivity contribution in [1.82, 2.24) is 25.8 Å². The molecular formula is C40H39N7O4S. The number of thiocarbonyl (C=S) groups is 1. The molecule has 1 fully saturated rings. The maximum atomic E-state index is 13.2. The van der Waals surface area contributed by atoms with E-state index in [4.69, 9.17) is 18.0 Å². The van der Waals surface area contributed by atoms with Gasteiger partial charge < -0.3 is 21.7 Å². The highest BCUT2D eigenvalue weighted by Crippen LogP contribution is 2.34. The van der Waals surface area contributed by atoms with E-state index in [0.29, 0.717) is 48.7 Å². The van der Waals surface area contributed by atoms with Crippen LogP contribution in [0.3, 0.4) is 0 Å². The summed E-state index contributed by atoms with van der Waals surface area (Å²) in [6, 6.07) is 30.2. The fourth-order valence-corrected chi connectivity index (χ4v) is 7.33. The summed E-state index contributed by atoms with van der Waals surface area (Å²) in [5.74, 6) is -0.268. The number of carbonyl (C=O) groups excluding carboxylic acids is 4. The highest BCUT2D eigenvalue weighted by molar-refractivity contribution is 7.80. The minimum Gasteiger partial charge on any atom is -0.369 e. The molecule has 4 aliphatic heterocycles. The fraction of sp³-hybridized carbons (Fsp3) is 0.250. The first-order chi connectivity index (χ1) is 24.9. The van der Waals surface area contributed by atoms with Crippen molar-refractivity contribution >= 4 is 46.9 Å². The van der Waals surface area contributed by atoms with Gasteiger partial charge in [0.25, 0.3) is 23.6 Å². The van der Waals surface area contributed by atoms with E-state index >= 15 is 0 Å². The van der Waals surface area contributed by atoms with Crippen LogP contribution in [0.2, 0.25) is 0 Å². The van der Waals surface area contributed by atoms with E-state index in [1.54, 1.807) is 30.0 Å². The van der Waals surface area contributed by atoms with Gasteiger partial charge in [-0.05, 0) is 96.6 Å². The normalized spacial score (nSPS) is 22.5.